The maximum atomic E-state index is 6.13. The minimum Gasteiger partial charge on any atom is -0.373 e. The molecule has 0 aliphatic heterocycles. The molecule has 0 radical (unpaired) electrons. The molecule has 0 spiro atoms. The van der Waals surface area contributed by atoms with E-state index in [1.807, 2.05) is 30.3 Å². The maximum absolute atomic E-state index is 6.13. The average Bonchev–Trinajstić information content (AvgIpc) is 2.44. The molecule has 1 heterocycles. The van der Waals surface area contributed by atoms with Gasteiger partial charge in [-0.2, -0.15) is 0 Å². The molecule has 3 nitrogen and oxygen atoms in total. The molecule has 100 valence electrons. The number of aromatic nitrogens is 2. The molecule has 19 heavy (non-hydrogen) atoms. The van der Waals surface area contributed by atoms with Crippen LogP contribution in [0, 0.1) is 0 Å². The summed E-state index contributed by atoms with van der Waals surface area (Å²) in [6.07, 6.45) is 0.968. The first-order valence-electron chi connectivity index (χ1n) is 6.07. The smallest absolute Gasteiger partial charge is 0.156 e. The molecule has 2 aromatic rings. The Morgan fingerprint density at radius 2 is 1.95 bits per heavy atom. The van der Waals surface area contributed by atoms with Crippen molar-refractivity contribution in [2.45, 2.75) is 20.0 Å². The molecule has 5 heteroatoms. The van der Waals surface area contributed by atoms with Gasteiger partial charge in [-0.25, -0.2) is 9.97 Å². The lowest BCUT2D eigenvalue weighted by Crippen LogP contribution is -2.02. The van der Waals surface area contributed by atoms with Gasteiger partial charge >= 0.3 is 0 Å². The van der Waals surface area contributed by atoms with Gasteiger partial charge < -0.3 is 4.74 Å². The van der Waals surface area contributed by atoms with E-state index < -0.39 is 0 Å². The molecule has 1 aromatic heterocycles. The van der Waals surface area contributed by atoms with E-state index in [0.717, 1.165) is 17.7 Å². The van der Waals surface area contributed by atoms with Gasteiger partial charge in [0.2, 0.25) is 0 Å². The topological polar surface area (TPSA) is 35.0 Å². The number of nitrogens with zero attached hydrogens (tertiary/aromatic N) is 2. The van der Waals surface area contributed by atoms with Crippen molar-refractivity contribution in [1.29, 1.82) is 0 Å². The molecule has 0 fully saturated rings. The van der Waals surface area contributed by atoms with Crippen LogP contribution in [0.15, 0.2) is 34.8 Å². The van der Waals surface area contributed by atoms with Gasteiger partial charge in [0.05, 0.1) is 10.2 Å². The zero-order chi connectivity index (χ0) is 13.7. The van der Waals surface area contributed by atoms with E-state index in [1.54, 1.807) is 0 Å². The quantitative estimate of drug-likeness (QED) is 0.594. The van der Waals surface area contributed by atoms with Crippen molar-refractivity contribution in [3.05, 3.63) is 45.8 Å². The summed E-state index contributed by atoms with van der Waals surface area (Å²) >= 11 is 9.56. The summed E-state index contributed by atoms with van der Waals surface area (Å²) in [5, 5.41) is 0.406. The fraction of sp³-hybridized carbons (Fsp3) is 0.286. The largest absolute Gasteiger partial charge is 0.373 e. The molecule has 0 aliphatic rings. The van der Waals surface area contributed by atoms with Gasteiger partial charge in [0.15, 0.2) is 5.82 Å². The van der Waals surface area contributed by atoms with E-state index in [1.165, 1.54) is 0 Å². The summed E-state index contributed by atoms with van der Waals surface area (Å²) in [5.74, 6) is 0.598. The number of halogens is 2. The third kappa shape index (κ3) is 3.75. The number of hydrogen-bond donors (Lipinski definition) is 0. The second kappa shape index (κ2) is 6.98. The van der Waals surface area contributed by atoms with Crippen LogP contribution in [-0.2, 0) is 11.3 Å². The van der Waals surface area contributed by atoms with Crippen LogP contribution in [0.5, 0.6) is 0 Å². The van der Waals surface area contributed by atoms with E-state index in [2.05, 4.69) is 32.8 Å². The number of rotatable bonds is 5. The summed E-state index contributed by atoms with van der Waals surface area (Å²) in [5.41, 5.74) is 1.78. The van der Waals surface area contributed by atoms with E-state index in [-0.39, 0.29) is 0 Å². The van der Waals surface area contributed by atoms with Gasteiger partial charge in [-0.15, -0.1) is 0 Å². The van der Waals surface area contributed by atoms with Crippen LogP contribution in [0.2, 0.25) is 5.15 Å². The molecule has 0 bridgehead atoms. The molecule has 0 saturated heterocycles. The highest BCUT2D eigenvalue weighted by Gasteiger charge is 2.12. The van der Waals surface area contributed by atoms with Crippen molar-refractivity contribution in [2.75, 3.05) is 6.61 Å². The fourth-order valence-electron chi connectivity index (χ4n) is 1.62. The second-order valence-electron chi connectivity index (χ2n) is 4.01. The highest BCUT2D eigenvalue weighted by atomic mass is 79.9. The van der Waals surface area contributed by atoms with Gasteiger partial charge in [0, 0.05) is 12.2 Å². The maximum Gasteiger partial charge on any atom is 0.156 e. The number of hydrogen-bond acceptors (Lipinski definition) is 3. The molecule has 2 rings (SSSR count). The van der Waals surface area contributed by atoms with Gasteiger partial charge in [-0.1, -0.05) is 48.9 Å². The first-order valence-corrected chi connectivity index (χ1v) is 7.24. The van der Waals surface area contributed by atoms with Crippen LogP contribution in [-0.4, -0.2) is 16.6 Å². The summed E-state index contributed by atoms with van der Waals surface area (Å²) in [6, 6.07) is 9.86. The Labute approximate surface area is 126 Å². The van der Waals surface area contributed by atoms with Crippen LogP contribution >= 0.6 is 27.5 Å². The van der Waals surface area contributed by atoms with Gasteiger partial charge in [-0.05, 0) is 22.4 Å². The first-order chi connectivity index (χ1) is 9.22. The minimum atomic E-state index is 0.376. The lowest BCUT2D eigenvalue weighted by atomic mass is 10.1. The highest BCUT2D eigenvalue weighted by Crippen LogP contribution is 2.31. The molecule has 0 saturated carbocycles. The van der Waals surface area contributed by atoms with Crippen LogP contribution in [0.25, 0.3) is 11.3 Å². The molecule has 0 N–H and O–H groups in total. The molecule has 0 unspecified atom stereocenters. The van der Waals surface area contributed by atoms with E-state index in [9.17, 15) is 0 Å². The van der Waals surface area contributed by atoms with Gasteiger partial charge in [0.25, 0.3) is 0 Å². The Kier molecular flexibility index (Phi) is 5.31. The monoisotopic (exact) mass is 340 g/mol. The Bertz CT molecular complexity index is 549. The van der Waals surface area contributed by atoms with Crippen LogP contribution < -0.4 is 0 Å². The van der Waals surface area contributed by atoms with Crippen molar-refractivity contribution in [3.63, 3.8) is 0 Å². The van der Waals surface area contributed by atoms with Crippen molar-refractivity contribution in [1.82, 2.24) is 9.97 Å². The summed E-state index contributed by atoms with van der Waals surface area (Å²) in [4.78, 5) is 8.72. The van der Waals surface area contributed by atoms with Crippen molar-refractivity contribution in [3.8, 4) is 11.3 Å². The third-order valence-corrected chi connectivity index (χ3v) is 3.74. The molecular weight excluding hydrogens is 328 g/mol. The SMILES string of the molecule is CCCOCc1nc(Cl)c(Br)c(-c2ccccc2)n1. The second-order valence-corrected chi connectivity index (χ2v) is 5.16. The van der Waals surface area contributed by atoms with E-state index in [0.29, 0.717) is 28.7 Å². The van der Waals surface area contributed by atoms with Gasteiger partial charge in [-0.3, -0.25) is 0 Å². The van der Waals surface area contributed by atoms with Crippen molar-refractivity contribution < 1.29 is 4.74 Å². The van der Waals surface area contributed by atoms with E-state index >= 15 is 0 Å². The molecule has 0 atom stereocenters. The first kappa shape index (κ1) is 14.4. The normalized spacial score (nSPS) is 10.7. The zero-order valence-electron chi connectivity index (χ0n) is 10.6. The Morgan fingerprint density at radius 1 is 1.21 bits per heavy atom. The van der Waals surface area contributed by atoms with Crippen LogP contribution in [0.4, 0.5) is 0 Å². The van der Waals surface area contributed by atoms with E-state index in [4.69, 9.17) is 16.3 Å². The number of benzene rings is 1. The van der Waals surface area contributed by atoms with Crippen molar-refractivity contribution in [2.24, 2.45) is 0 Å². The molecule has 0 aliphatic carbocycles. The average molecular weight is 342 g/mol. The molecular formula is C14H14BrClN2O. The predicted octanol–water partition coefficient (Wildman–Crippen LogP) is 4.49. The molecule has 0 amide bonds. The summed E-state index contributed by atoms with van der Waals surface area (Å²) in [7, 11) is 0. The Balaban J connectivity index is 2.32. The lowest BCUT2D eigenvalue weighted by molar-refractivity contribution is 0.116. The predicted molar refractivity (Wildman–Crippen MR) is 80.1 cm³/mol. The minimum absolute atomic E-state index is 0.376. The fourth-order valence-corrected chi connectivity index (χ4v) is 2.22. The highest BCUT2D eigenvalue weighted by molar-refractivity contribution is 9.10. The standard InChI is InChI=1S/C14H14BrClN2O/c1-2-8-19-9-11-17-13(12(15)14(16)18-11)10-6-4-3-5-7-10/h3-7H,2,8-9H2,1H3. The summed E-state index contributed by atoms with van der Waals surface area (Å²) in [6.45, 7) is 3.13. The van der Waals surface area contributed by atoms with Crippen LogP contribution in [0.3, 0.4) is 0 Å². The van der Waals surface area contributed by atoms with Gasteiger partial charge in [0.1, 0.15) is 11.8 Å². The Morgan fingerprint density at radius 3 is 2.63 bits per heavy atom. The number of ether oxygens (including phenoxy) is 1. The summed E-state index contributed by atoms with van der Waals surface area (Å²) < 4.78 is 6.16. The van der Waals surface area contributed by atoms with Crippen LogP contribution in [0.1, 0.15) is 19.2 Å². The zero-order valence-corrected chi connectivity index (χ0v) is 12.9. The third-order valence-electron chi connectivity index (χ3n) is 2.48. The Hall–Kier alpha value is -0.970. The lowest BCUT2D eigenvalue weighted by Gasteiger charge is -2.08. The molecule has 1 aromatic carbocycles. The van der Waals surface area contributed by atoms with Crippen molar-refractivity contribution >= 4 is 27.5 Å².